The number of aromatic nitrogens is 1. The number of amides is 2. The molecule has 6 nitrogen and oxygen atoms in total. The first-order valence-electron chi connectivity index (χ1n) is 10.3. The van der Waals surface area contributed by atoms with Crippen molar-refractivity contribution < 1.29 is 9.59 Å². The molecule has 1 aliphatic rings. The quantitative estimate of drug-likeness (QED) is 0.530. The van der Waals surface area contributed by atoms with Gasteiger partial charge in [-0.2, -0.15) is 0 Å². The second-order valence-corrected chi connectivity index (χ2v) is 9.18. The van der Waals surface area contributed by atoms with Gasteiger partial charge in [0.2, 0.25) is 5.91 Å². The maximum absolute atomic E-state index is 12.6. The normalized spacial score (nSPS) is 13.8. The van der Waals surface area contributed by atoms with E-state index in [0.29, 0.717) is 41.6 Å². The van der Waals surface area contributed by atoms with Crippen LogP contribution in [0.3, 0.4) is 0 Å². The molecule has 9 heteroatoms. The Labute approximate surface area is 200 Å². The lowest BCUT2D eigenvalue weighted by atomic mass is 10.2. The van der Waals surface area contributed by atoms with Crippen LogP contribution in [-0.4, -0.2) is 47.9 Å². The summed E-state index contributed by atoms with van der Waals surface area (Å²) in [6, 6.07) is 14.4. The summed E-state index contributed by atoms with van der Waals surface area (Å²) >= 11 is 13.2. The van der Waals surface area contributed by atoms with Crippen molar-refractivity contribution in [2.75, 3.05) is 36.4 Å². The zero-order valence-electron chi connectivity index (χ0n) is 17.3. The van der Waals surface area contributed by atoms with Gasteiger partial charge >= 0.3 is 0 Å². The fraction of sp³-hybridized carbons (Fsp3) is 0.261. The van der Waals surface area contributed by atoms with E-state index in [2.05, 4.69) is 15.2 Å². The van der Waals surface area contributed by atoms with Crippen LogP contribution >= 0.6 is 34.5 Å². The molecular formula is C23H22Cl2N4O2S. The zero-order chi connectivity index (χ0) is 22.5. The number of anilines is 2. The molecule has 2 amide bonds. The van der Waals surface area contributed by atoms with E-state index in [1.807, 2.05) is 34.5 Å². The number of thiazole rings is 1. The molecule has 166 valence electrons. The van der Waals surface area contributed by atoms with Gasteiger partial charge in [0.05, 0.1) is 5.69 Å². The maximum Gasteiger partial charge on any atom is 0.257 e. The summed E-state index contributed by atoms with van der Waals surface area (Å²) in [5.41, 5.74) is 2.44. The topological polar surface area (TPSA) is 65.5 Å². The molecule has 0 spiro atoms. The molecule has 2 aromatic carbocycles. The lowest BCUT2D eigenvalue weighted by Gasteiger charge is -2.36. The second-order valence-electron chi connectivity index (χ2n) is 7.45. The number of carbonyl (C=O) groups is 2. The van der Waals surface area contributed by atoms with E-state index < -0.39 is 0 Å². The molecule has 1 aromatic heterocycles. The molecule has 0 aliphatic carbocycles. The third-order valence-electron chi connectivity index (χ3n) is 5.30. The van der Waals surface area contributed by atoms with Gasteiger partial charge in [-0.1, -0.05) is 23.2 Å². The summed E-state index contributed by atoms with van der Waals surface area (Å²) in [6.45, 7) is 2.98. The molecule has 2 heterocycles. The number of carbonyl (C=O) groups excluding carboxylic acids is 2. The first-order chi connectivity index (χ1) is 15.5. The Morgan fingerprint density at radius 1 is 0.938 bits per heavy atom. The van der Waals surface area contributed by atoms with Crippen molar-refractivity contribution in [3.63, 3.8) is 0 Å². The first kappa shape index (κ1) is 22.6. The molecule has 0 atom stereocenters. The van der Waals surface area contributed by atoms with Crippen molar-refractivity contribution in [2.24, 2.45) is 0 Å². The highest BCUT2D eigenvalue weighted by molar-refractivity contribution is 7.14. The molecule has 1 aliphatic heterocycles. The lowest BCUT2D eigenvalue weighted by molar-refractivity contribution is -0.131. The van der Waals surface area contributed by atoms with Gasteiger partial charge in [0, 0.05) is 59.3 Å². The summed E-state index contributed by atoms with van der Waals surface area (Å²) in [7, 11) is 0. The van der Waals surface area contributed by atoms with Gasteiger partial charge in [-0.05, 0) is 55.0 Å². The van der Waals surface area contributed by atoms with Crippen LogP contribution in [0.5, 0.6) is 0 Å². The van der Waals surface area contributed by atoms with E-state index in [1.165, 1.54) is 11.3 Å². The summed E-state index contributed by atoms with van der Waals surface area (Å²) in [5, 5.41) is 6.48. The minimum atomic E-state index is -0.239. The average molecular weight is 489 g/mol. The van der Waals surface area contributed by atoms with Crippen molar-refractivity contribution in [1.82, 2.24) is 9.88 Å². The Morgan fingerprint density at radius 2 is 1.56 bits per heavy atom. The minimum absolute atomic E-state index is 0.125. The van der Waals surface area contributed by atoms with E-state index in [-0.39, 0.29) is 11.8 Å². The van der Waals surface area contributed by atoms with Crippen LogP contribution in [0, 0.1) is 0 Å². The molecule has 32 heavy (non-hydrogen) atoms. The predicted molar refractivity (Wildman–Crippen MR) is 130 cm³/mol. The standard InChI is InChI=1S/C23H22Cl2N4O2S/c24-17-3-1-16(2-4-17)22(31)27-23-26-19(15-32-23)7-10-21(30)29-13-11-28(12-14-29)20-8-5-18(25)6-9-20/h1-6,8-9,15H,7,10-14H2,(H,26,27,31). The Bertz CT molecular complexity index is 1080. The Morgan fingerprint density at radius 3 is 2.22 bits per heavy atom. The van der Waals surface area contributed by atoms with Gasteiger partial charge in [0.1, 0.15) is 0 Å². The van der Waals surface area contributed by atoms with E-state index in [0.717, 1.165) is 29.5 Å². The van der Waals surface area contributed by atoms with Gasteiger partial charge in [-0.25, -0.2) is 4.98 Å². The third kappa shape index (κ3) is 5.79. The number of nitrogens with zero attached hydrogens (tertiary/aromatic N) is 3. The average Bonchev–Trinajstić information content (AvgIpc) is 3.26. The van der Waals surface area contributed by atoms with Crippen LogP contribution in [0.15, 0.2) is 53.9 Å². The molecule has 3 aromatic rings. The van der Waals surface area contributed by atoms with Crippen molar-refractivity contribution in [3.05, 3.63) is 75.2 Å². The SMILES string of the molecule is O=C(Nc1nc(CCC(=O)N2CCN(c3ccc(Cl)cc3)CC2)cs1)c1ccc(Cl)cc1. The van der Waals surface area contributed by atoms with Crippen molar-refractivity contribution in [1.29, 1.82) is 0 Å². The largest absolute Gasteiger partial charge is 0.368 e. The summed E-state index contributed by atoms with van der Waals surface area (Å²) in [5.74, 6) is -0.113. The Balaban J connectivity index is 1.23. The fourth-order valence-corrected chi connectivity index (χ4v) is 4.50. The van der Waals surface area contributed by atoms with E-state index in [9.17, 15) is 9.59 Å². The first-order valence-corrected chi connectivity index (χ1v) is 11.9. The van der Waals surface area contributed by atoms with E-state index >= 15 is 0 Å². The highest BCUT2D eigenvalue weighted by Gasteiger charge is 2.21. The molecular weight excluding hydrogens is 467 g/mol. The highest BCUT2D eigenvalue weighted by atomic mass is 35.5. The van der Waals surface area contributed by atoms with Gasteiger partial charge in [-0.15, -0.1) is 11.3 Å². The molecule has 0 saturated carbocycles. The number of benzene rings is 2. The summed E-state index contributed by atoms with van der Waals surface area (Å²) in [6.07, 6.45) is 0.943. The molecule has 0 radical (unpaired) electrons. The Kier molecular flexibility index (Phi) is 7.29. The van der Waals surface area contributed by atoms with Crippen LogP contribution in [0.1, 0.15) is 22.5 Å². The van der Waals surface area contributed by atoms with Gasteiger partial charge < -0.3 is 9.80 Å². The second kappa shape index (κ2) is 10.3. The van der Waals surface area contributed by atoms with Crippen LogP contribution in [-0.2, 0) is 11.2 Å². The fourth-order valence-electron chi connectivity index (χ4n) is 3.51. The van der Waals surface area contributed by atoms with Crippen molar-refractivity contribution in [3.8, 4) is 0 Å². The van der Waals surface area contributed by atoms with E-state index in [1.54, 1.807) is 24.3 Å². The number of rotatable bonds is 6. The lowest BCUT2D eigenvalue weighted by Crippen LogP contribution is -2.48. The highest BCUT2D eigenvalue weighted by Crippen LogP contribution is 2.21. The number of nitrogens with one attached hydrogen (secondary N) is 1. The van der Waals surface area contributed by atoms with Crippen LogP contribution in [0.25, 0.3) is 0 Å². The smallest absolute Gasteiger partial charge is 0.257 e. The number of hydrogen-bond donors (Lipinski definition) is 1. The van der Waals surface area contributed by atoms with Crippen molar-refractivity contribution >= 4 is 57.2 Å². The Hall–Kier alpha value is -2.61. The van der Waals surface area contributed by atoms with Gasteiger partial charge in [-0.3, -0.25) is 14.9 Å². The van der Waals surface area contributed by atoms with Crippen LogP contribution in [0.4, 0.5) is 10.8 Å². The molecule has 0 bridgehead atoms. The maximum atomic E-state index is 12.6. The van der Waals surface area contributed by atoms with Crippen LogP contribution < -0.4 is 10.2 Å². The summed E-state index contributed by atoms with van der Waals surface area (Å²) < 4.78 is 0. The molecule has 0 unspecified atom stereocenters. The summed E-state index contributed by atoms with van der Waals surface area (Å²) in [4.78, 5) is 33.5. The molecule has 4 rings (SSSR count). The molecule has 1 fully saturated rings. The third-order valence-corrected chi connectivity index (χ3v) is 6.61. The number of piperazine rings is 1. The molecule has 1 saturated heterocycles. The van der Waals surface area contributed by atoms with Crippen molar-refractivity contribution in [2.45, 2.75) is 12.8 Å². The minimum Gasteiger partial charge on any atom is -0.368 e. The van der Waals surface area contributed by atoms with Crippen LogP contribution in [0.2, 0.25) is 10.0 Å². The number of halogens is 2. The van der Waals surface area contributed by atoms with Gasteiger partial charge in [0.25, 0.3) is 5.91 Å². The van der Waals surface area contributed by atoms with E-state index in [4.69, 9.17) is 23.2 Å². The number of aryl methyl sites for hydroxylation is 1. The zero-order valence-corrected chi connectivity index (χ0v) is 19.6. The number of hydrogen-bond acceptors (Lipinski definition) is 5. The predicted octanol–water partition coefficient (Wildman–Crippen LogP) is 4.98. The van der Waals surface area contributed by atoms with Gasteiger partial charge in [0.15, 0.2) is 5.13 Å². The molecule has 1 N–H and O–H groups in total. The monoisotopic (exact) mass is 488 g/mol.